The average molecular weight is 341 g/mol. The third-order valence-corrected chi connectivity index (χ3v) is 5.28. The molecule has 0 aliphatic rings. The van der Waals surface area contributed by atoms with Crippen molar-refractivity contribution in [3.05, 3.63) is 39.4 Å². The molecular formula is C13H13ClN4OS2. The lowest BCUT2D eigenvalue weighted by Crippen LogP contribution is -2.25. The van der Waals surface area contributed by atoms with Gasteiger partial charge in [0.25, 0.3) is 0 Å². The Morgan fingerprint density at radius 3 is 2.90 bits per heavy atom. The van der Waals surface area contributed by atoms with Crippen molar-refractivity contribution in [3.63, 3.8) is 0 Å². The fourth-order valence-corrected chi connectivity index (χ4v) is 3.96. The summed E-state index contributed by atoms with van der Waals surface area (Å²) < 4.78 is 0. The number of thiazole rings is 1. The van der Waals surface area contributed by atoms with Crippen molar-refractivity contribution in [1.29, 1.82) is 5.26 Å². The zero-order valence-corrected chi connectivity index (χ0v) is 13.3. The van der Waals surface area contributed by atoms with E-state index in [1.165, 1.54) is 29.3 Å². The van der Waals surface area contributed by atoms with Gasteiger partial charge in [-0.05, 0) is 12.5 Å². The molecule has 0 radical (unpaired) electrons. The highest BCUT2D eigenvalue weighted by atomic mass is 35.5. The molecule has 0 aromatic carbocycles. The summed E-state index contributed by atoms with van der Waals surface area (Å²) in [5.74, 6) is 0. The van der Waals surface area contributed by atoms with Crippen LogP contribution in [0.15, 0.2) is 29.0 Å². The van der Waals surface area contributed by atoms with Gasteiger partial charge in [0.15, 0.2) is 0 Å². The molecule has 0 amide bonds. The zero-order chi connectivity index (χ0) is 15.2. The Morgan fingerprint density at radius 1 is 1.52 bits per heavy atom. The molecule has 0 saturated carbocycles. The van der Waals surface area contributed by atoms with Crippen molar-refractivity contribution in [2.75, 3.05) is 6.61 Å². The van der Waals surface area contributed by atoms with E-state index in [-0.39, 0.29) is 17.9 Å². The van der Waals surface area contributed by atoms with Gasteiger partial charge in [-0.25, -0.2) is 4.98 Å². The van der Waals surface area contributed by atoms with E-state index in [0.29, 0.717) is 22.0 Å². The minimum absolute atomic E-state index is 0.0381. The molecule has 0 aliphatic heterocycles. The van der Waals surface area contributed by atoms with Crippen molar-refractivity contribution in [2.24, 2.45) is 5.73 Å². The number of nitrogens with zero attached hydrogens (tertiary/aromatic N) is 3. The molecule has 0 fully saturated rings. The van der Waals surface area contributed by atoms with Gasteiger partial charge in [0.05, 0.1) is 27.7 Å². The summed E-state index contributed by atoms with van der Waals surface area (Å²) in [5.41, 5.74) is 7.95. The number of hydrogen-bond acceptors (Lipinski definition) is 7. The molecule has 3 N–H and O–H groups in total. The van der Waals surface area contributed by atoms with Gasteiger partial charge in [-0.1, -0.05) is 23.4 Å². The lowest BCUT2D eigenvalue weighted by atomic mass is 10.1. The van der Waals surface area contributed by atoms with Crippen molar-refractivity contribution >= 4 is 34.7 Å². The van der Waals surface area contributed by atoms with Gasteiger partial charge in [0.2, 0.25) is 0 Å². The number of aromatic nitrogens is 2. The smallest absolute Gasteiger partial charge is 0.102 e. The molecular weight excluding hydrogens is 328 g/mol. The van der Waals surface area contributed by atoms with Crippen LogP contribution in [0.5, 0.6) is 0 Å². The second-order valence-corrected chi connectivity index (χ2v) is 6.85. The summed E-state index contributed by atoms with van der Waals surface area (Å²) in [5, 5.41) is 19.1. The predicted octanol–water partition coefficient (Wildman–Crippen LogP) is 2.61. The van der Waals surface area contributed by atoms with Gasteiger partial charge in [0, 0.05) is 28.6 Å². The highest BCUT2D eigenvalue weighted by Crippen LogP contribution is 2.39. The first-order chi connectivity index (χ1) is 10.1. The lowest BCUT2D eigenvalue weighted by Gasteiger charge is -2.17. The first-order valence-corrected chi connectivity index (χ1v) is 8.25. The van der Waals surface area contributed by atoms with Crippen molar-refractivity contribution in [3.8, 4) is 6.07 Å². The summed E-state index contributed by atoms with van der Waals surface area (Å²) in [7, 11) is 0. The number of halogens is 1. The number of nitriles is 1. The number of nitrogens with two attached hydrogens (primary N) is 1. The molecule has 2 atom stereocenters. The topological polar surface area (TPSA) is 95.8 Å². The lowest BCUT2D eigenvalue weighted by molar-refractivity contribution is 0.260. The van der Waals surface area contributed by atoms with Crippen LogP contribution in [0.4, 0.5) is 0 Å². The SMILES string of the molecule is N#Cc1cnc(S[C@H](C[C@H](N)CO)c2cncs2)cc1Cl. The summed E-state index contributed by atoms with van der Waals surface area (Å²) in [6.45, 7) is -0.0720. The first-order valence-electron chi connectivity index (χ1n) is 6.11. The van der Waals surface area contributed by atoms with Crippen LogP contribution >= 0.6 is 34.7 Å². The molecule has 0 aliphatic carbocycles. The van der Waals surface area contributed by atoms with Crippen LogP contribution in [-0.4, -0.2) is 27.7 Å². The molecule has 2 rings (SSSR count). The van der Waals surface area contributed by atoms with Gasteiger partial charge < -0.3 is 10.8 Å². The van der Waals surface area contributed by atoms with Crippen LogP contribution in [0.2, 0.25) is 5.02 Å². The Bertz CT molecular complexity index is 630. The number of rotatable bonds is 6. The van der Waals surface area contributed by atoms with Crippen molar-refractivity contribution in [1.82, 2.24) is 9.97 Å². The Morgan fingerprint density at radius 2 is 2.33 bits per heavy atom. The number of pyridine rings is 1. The maximum absolute atomic E-state index is 9.14. The Labute approximate surface area is 135 Å². The fourth-order valence-electron chi connectivity index (χ4n) is 1.66. The second-order valence-electron chi connectivity index (χ2n) is 4.30. The number of hydrogen-bond donors (Lipinski definition) is 2. The first kappa shape index (κ1) is 16.2. The largest absolute Gasteiger partial charge is 0.395 e. The van der Waals surface area contributed by atoms with Crippen LogP contribution in [0.1, 0.15) is 22.1 Å². The minimum atomic E-state index is -0.307. The molecule has 110 valence electrons. The van der Waals surface area contributed by atoms with E-state index < -0.39 is 0 Å². The highest BCUT2D eigenvalue weighted by Gasteiger charge is 2.19. The maximum atomic E-state index is 9.14. The van der Waals surface area contributed by atoms with E-state index in [0.717, 1.165) is 4.88 Å². The molecule has 2 heterocycles. The van der Waals surface area contributed by atoms with Crippen LogP contribution < -0.4 is 5.73 Å². The van der Waals surface area contributed by atoms with Crippen LogP contribution in [0, 0.1) is 11.3 Å². The monoisotopic (exact) mass is 340 g/mol. The summed E-state index contributed by atoms with van der Waals surface area (Å²) in [6, 6.07) is 3.34. The zero-order valence-electron chi connectivity index (χ0n) is 10.9. The van der Waals surface area contributed by atoms with Gasteiger partial charge >= 0.3 is 0 Å². The Hall–Kier alpha value is -1.17. The van der Waals surface area contributed by atoms with Gasteiger partial charge in [-0.2, -0.15) is 5.26 Å². The van der Waals surface area contributed by atoms with Crippen LogP contribution in [0.25, 0.3) is 0 Å². The average Bonchev–Trinajstić information content (AvgIpc) is 3.01. The van der Waals surface area contributed by atoms with E-state index in [1.807, 2.05) is 6.07 Å². The van der Waals surface area contributed by atoms with E-state index in [1.54, 1.807) is 17.8 Å². The number of aliphatic hydroxyl groups is 1. The molecule has 0 bridgehead atoms. The van der Waals surface area contributed by atoms with Gasteiger partial charge in [-0.3, -0.25) is 4.98 Å². The third kappa shape index (κ3) is 4.40. The molecule has 5 nitrogen and oxygen atoms in total. The molecule has 8 heteroatoms. The molecule has 0 saturated heterocycles. The molecule has 0 spiro atoms. The van der Waals surface area contributed by atoms with E-state index in [2.05, 4.69) is 9.97 Å². The third-order valence-electron chi connectivity index (χ3n) is 2.73. The van der Waals surface area contributed by atoms with Gasteiger partial charge in [-0.15, -0.1) is 11.3 Å². The standard InChI is InChI=1S/C13H13ClN4OS2/c14-10-2-13(18-4-8(10)3-15)21-11(1-9(16)6-19)12-5-17-7-20-12/h2,4-5,7,9,11,19H,1,6,16H2/t9-,11+/m0/s1. The Kier molecular flexibility index (Phi) is 5.96. The number of thioether (sulfide) groups is 1. The minimum Gasteiger partial charge on any atom is -0.395 e. The summed E-state index contributed by atoms with van der Waals surface area (Å²) >= 11 is 9.05. The molecule has 0 unspecified atom stereocenters. The summed E-state index contributed by atoms with van der Waals surface area (Å²) in [6.07, 6.45) is 3.85. The van der Waals surface area contributed by atoms with E-state index in [9.17, 15) is 0 Å². The van der Waals surface area contributed by atoms with Crippen molar-refractivity contribution in [2.45, 2.75) is 22.7 Å². The Balaban J connectivity index is 2.19. The van der Waals surface area contributed by atoms with Crippen LogP contribution in [0.3, 0.4) is 0 Å². The van der Waals surface area contributed by atoms with Gasteiger partial charge in [0.1, 0.15) is 6.07 Å². The quantitative estimate of drug-likeness (QED) is 0.785. The normalized spacial score (nSPS) is 13.6. The second kappa shape index (κ2) is 7.73. The molecule has 2 aromatic heterocycles. The molecule has 2 aromatic rings. The number of aliphatic hydroxyl groups excluding tert-OH is 1. The fraction of sp³-hybridized carbons (Fsp3) is 0.308. The highest BCUT2D eigenvalue weighted by molar-refractivity contribution is 7.99. The molecule has 21 heavy (non-hydrogen) atoms. The van der Waals surface area contributed by atoms with Crippen LogP contribution in [-0.2, 0) is 0 Å². The maximum Gasteiger partial charge on any atom is 0.102 e. The van der Waals surface area contributed by atoms with Crippen molar-refractivity contribution < 1.29 is 5.11 Å². The predicted molar refractivity (Wildman–Crippen MR) is 84.4 cm³/mol. The van der Waals surface area contributed by atoms with E-state index >= 15 is 0 Å². The van der Waals surface area contributed by atoms with E-state index in [4.69, 9.17) is 27.7 Å². The summed E-state index contributed by atoms with van der Waals surface area (Å²) in [4.78, 5) is 9.37.